The van der Waals surface area contributed by atoms with Gasteiger partial charge in [0.15, 0.2) is 18.0 Å². The zero-order valence-corrected chi connectivity index (χ0v) is 13.7. The van der Waals surface area contributed by atoms with Crippen LogP contribution in [0.5, 0.6) is 0 Å². The Morgan fingerprint density at radius 3 is 2.10 bits per heavy atom. The van der Waals surface area contributed by atoms with E-state index in [1.807, 2.05) is 0 Å². The highest BCUT2D eigenvalue weighted by molar-refractivity contribution is 6.06. The summed E-state index contributed by atoms with van der Waals surface area (Å²) in [4.78, 5) is 37.6. The van der Waals surface area contributed by atoms with Crippen LogP contribution in [0.4, 0.5) is 0 Å². The second-order valence-corrected chi connectivity index (χ2v) is 5.40. The molecule has 1 rings (SSSR count). The molecule has 1 amide bonds. The van der Waals surface area contributed by atoms with Crippen molar-refractivity contribution >= 4 is 17.7 Å². The highest BCUT2D eigenvalue weighted by atomic mass is 16.5. The maximum absolute atomic E-state index is 12.1. The van der Waals surface area contributed by atoms with Crippen molar-refractivity contribution in [1.82, 2.24) is 4.90 Å². The lowest BCUT2D eigenvalue weighted by Gasteiger charge is -2.53. The number of esters is 1. The molecule has 1 fully saturated rings. The Morgan fingerprint density at radius 1 is 1.24 bits per heavy atom. The molecular weight excluding hydrogens is 272 g/mol. The lowest BCUT2D eigenvalue weighted by molar-refractivity contribution is -0.959. The minimum Gasteiger partial charge on any atom is -0.467 e. The number of nitrogens with zero attached hydrogens (tertiary/aromatic N) is 2. The first-order valence-corrected chi connectivity index (χ1v) is 7.69. The van der Waals surface area contributed by atoms with Crippen LogP contribution in [0.25, 0.3) is 0 Å². The van der Waals surface area contributed by atoms with Crippen LogP contribution in [-0.4, -0.2) is 66.0 Å². The van der Waals surface area contributed by atoms with Gasteiger partial charge in [0.05, 0.1) is 33.2 Å². The van der Waals surface area contributed by atoms with Gasteiger partial charge in [-0.2, -0.15) is 0 Å². The maximum Gasteiger partial charge on any atom is 0.336 e. The van der Waals surface area contributed by atoms with Gasteiger partial charge in [0.2, 0.25) is 5.91 Å². The lowest BCUT2D eigenvalue weighted by atomic mass is 9.97. The zero-order chi connectivity index (χ0) is 16.2. The molecule has 2 unspecified atom stereocenters. The van der Waals surface area contributed by atoms with E-state index in [-0.39, 0.29) is 24.3 Å². The number of carbonyl (C=O) groups excluding carboxylic acids is 3. The van der Waals surface area contributed by atoms with Gasteiger partial charge in [-0.15, -0.1) is 0 Å². The predicted molar refractivity (Wildman–Crippen MR) is 78.2 cm³/mol. The molecule has 0 saturated carbocycles. The van der Waals surface area contributed by atoms with Crippen molar-refractivity contribution in [2.75, 3.05) is 26.7 Å². The summed E-state index contributed by atoms with van der Waals surface area (Å²) in [5.74, 6) is -1.04. The van der Waals surface area contributed by atoms with Crippen LogP contribution in [-0.2, 0) is 19.1 Å². The van der Waals surface area contributed by atoms with Crippen LogP contribution in [0.15, 0.2) is 0 Å². The average molecular weight is 299 g/mol. The first kappa shape index (κ1) is 17.6. The Bertz CT molecular complexity index is 394. The number of ketones is 1. The number of quaternary nitrogens is 1. The number of hydrogen-bond acceptors (Lipinski definition) is 4. The third kappa shape index (κ3) is 2.95. The quantitative estimate of drug-likeness (QED) is 0.290. The molecule has 6 nitrogen and oxygen atoms in total. The van der Waals surface area contributed by atoms with Crippen LogP contribution in [0.1, 0.15) is 40.5 Å². The fourth-order valence-corrected chi connectivity index (χ4v) is 3.20. The van der Waals surface area contributed by atoms with E-state index in [2.05, 4.69) is 20.8 Å². The Kier molecular flexibility index (Phi) is 5.89. The van der Waals surface area contributed by atoms with Crippen molar-refractivity contribution in [2.24, 2.45) is 0 Å². The Morgan fingerprint density at radius 2 is 1.76 bits per heavy atom. The van der Waals surface area contributed by atoms with Gasteiger partial charge in [-0.1, -0.05) is 6.92 Å². The van der Waals surface area contributed by atoms with E-state index in [9.17, 15) is 14.4 Å². The van der Waals surface area contributed by atoms with Gasteiger partial charge < -0.3 is 9.22 Å². The van der Waals surface area contributed by atoms with Gasteiger partial charge in [-0.05, 0) is 20.8 Å². The van der Waals surface area contributed by atoms with Gasteiger partial charge in [0.1, 0.15) is 0 Å². The predicted octanol–water partition coefficient (Wildman–Crippen LogP) is 0.942. The number of rotatable bonds is 8. The van der Waals surface area contributed by atoms with E-state index in [4.69, 9.17) is 4.74 Å². The van der Waals surface area contributed by atoms with E-state index in [0.29, 0.717) is 10.9 Å². The van der Waals surface area contributed by atoms with Gasteiger partial charge in [0, 0.05) is 6.42 Å². The molecule has 6 heteroatoms. The van der Waals surface area contributed by atoms with Crippen molar-refractivity contribution in [3.63, 3.8) is 0 Å². The number of carbonyl (C=O) groups is 3. The number of hydrogen-bond donors (Lipinski definition) is 0. The summed E-state index contributed by atoms with van der Waals surface area (Å²) in [5.41, 5.74) is 0. The topological polar surface area (TPSA) is 63.7 Å². The molecule has 0 bridgehead atoms. The number of Topliss-reactive ketones (excluding diaryl/α,β-unsaturated/α-hetero) is 1. The Hall–Kier alpha value is -1.43. The summed E-state index contributed by atoms with van der Waals surface area (Å²) < 4.78 is 5.45. The van der Waals surface area contributed by atoms with Crippen molar-refractivity contribution in [2.45, 2.75) is 52.7 Å². The molecule has 0 radical (unpaired) electrons. The van der Waals surface area contributed by atoms with Gasteiger partial charge >= 0.3 is 5.97 Å². The Balaban J connectivity index is 3.14. The maximum atomic E-state index is 12.1. The van der Waals surface area contributed by atoms with Crippen LogP contribution in [0.3, 0.4) is 0 Å². The zero-order valence-electron chi connectivity index (χ0n) is 13.7. The molecule has 1 aliphatic heterocycles. The number of methoxy groups -OCH3 is 1. The largest absolute Gasteiger partial charge is 0.467 e. The molecule has 1 aliphatic rings. The Labute approximate surface area is 126 Å². The first-order valence-electron chi connectivity index (χ1n) is 7.69. The molecule has 2 atom stereocenters. The van der Waals surface area contributed by atoms with E-state index in [0.717, 1.165) is 19.6 Å². The fraction of sp³-hybridized carbons (Fsp3) is 0.800. The van der Waals surface area contributed by atoms with Gasteiger partial charge in [0.25, 0.3) is 0 Å². The third-order valence-corrected chi connectivity index (χ3v) is 4.84. The van der Waals surface area contributed by atoms with E-state index < -0.39 is 12.0 Å². The fourth-order valence-electron chi connectivity index (χ4n) is 3.20. The summed E-state index contributed by atoms with van der Waals surface area (Å²) in [6.45, 7) is 10.5. The second-order valence-electron chi connectivity index (χ2n) is 5.40. The highest BCUT2D eigenvalue weighted by Gasteiger charge is 2.55. The third-order valence-electron chi connectivity index (χ3n) is 4.84. The summed E-state index contributed by atoms with van der Waals surface area (Å²) in [6, 6.07) is -1.09. The van der Waals surface area contributed by atoms with Gasteiger partial charge in [-0.25, -0.2) is 4.79 Å². The molecular formula is C15H27N2O4+. The molecule has 1 heterocycles. The normalized spacial score (nSPS) is 20.0. The molecule has 0 aromatic rings. The molecule has 0 spiro atoms. The minimum atomic E-state index is -1.09. The first-order chi connectivity index (χ1) is 9.92. The van der Waals surface area contributed by atoms with Gasteiger partial charge in [-0.3, -0.25) is 14.5 Å². The lowest BCUT2D eigenvalue weighted by Crippen LogP contribution is -2.74. The number of β-lactam (4-membered cyclic amide) rings is 1. The second kappa shape index (κ2) is 7.02. The summed E-state index contributed by atoms with van der Waals surface area (Å²) in [5, 5.41) is 0. The van der Waals surface area contributed by atoms with Crippen molar-refractivity contribution in [3.05, 3.63) is 0 Å². The molecule has 0 N–H and O–H groups in total. The summed E-state index contributed by atoms with van der Waals surface area (Å²) >= 11 is 0. The van der Waals surface area contributed by atoms with Crippen LogP contribution >= 0.6 is 0 Å². The molecule has 120 valence electrons. The standard InChI is InChI=1S/C15H27N2O4/c1-6-11(18)14(15(20)21-5)16-12(10-13(16)19)17(7-2,8-3)9-4/h12,14H,6-10H2,1-5H3/q+1. The van der Waals surface area contributed by atoms with Crippen LogP contribution in [0, 0.1) is 0 Å². The van der Waals surface area contributed by atoms with Crippen molar-refractivity contribution < 1.29 is 23.6 Å². The molecule has 0 aliphatic carbocycles. The van der Waals surface area contributed by atoms with E-state index >= 15 is 0 Å². The summed E-state index contributed by atoms with van der Waals surface area (Å²) in [7, 11) is 1.25. The minimum absolute atomic E-state index is 0.114. The molecule has 1 saturated heterocycles. The molecule has 0 aromatic heterocycles. The average Bonchev–Trinajstić information content (AvgIpc) is 2.52. The van der Waals surface area contributed by atoms with Crippen LogP contribution < -0.4 is 0 Å². The molecule has 21 heavy (non-hydrogen) atoms. The van der Waals surface area contributed by atoms with Crippen LogP contribution in [0.2, 0.25) is 0 Å². The number of ether oxygens (including phenoxy) is 1. The van der Waals surface area contributed by atoms with E-state index in [1.165, 1.54) is 12.0 Å². The summed E-state index contributed by atoms with van der Waals surface area (Å²) in [6.07, 6.45) is 0.484. The number of amides is 1. The number of likely N-dealkylation sites (tertiary alicyclic amines) is 1. The molecule has 0 aromatic carbocycles. The van der Waals surface area contributed by atoms with Crippen molar-refractivity contribution in [1.29, 1.82) is 0 Å². The monoisotopic (exact) mass is 299 g/mol. The van der Waals surface area contributed by atoms with E-state index in [1.54, 1.807) is 6.92 Å². The highest BCUT2D eigenvalue weighted by Crippen LogP contribution is 2.32. The SMILES string of the molecule is CCC(=O)C(C(=O)OC)N1C(=O)CC1[N+](CC)(CC)CC. The smallest absolute Gasteiger partial charge is 0.336 e. The van der Waals surface area contributed by atoms with Crippen molar-refractivity contribution in [3.8, 4) is 0 Å².